The Bertz CT molecular complexity index is 383. The molecule has 0 nitrogen and oxygen atoms in total. The predicted octanol–water partition coefficient (Wildman–Crippen LogP) is 5.31. The van der Waals surface area contributed by atoms with Gasteiger partial charge in [-0.05, 0) is 27.4 Å². The highest BCUT2D eigenvalue weighted by molar-refractivity contribution is 5.39. The first-order chi connectivity index (χ1) is 7.48. The summed E-state index contributed by atoms with van der Waals surface area (Å²) in [4.78, 5) is 0. The van der Waals surface area contributed by atoms with Crippen LogP contribution in [-0.2, 0) is 10.8 Å². The highest BCUT2D eigenvalue weighted by atomic mass is 14.4. The van der Waals surface area contributed by atoms with Gasteiger partial charge in [-0.3, -0.25) is 0 Å². The average Bonchev–Trinajstić information content (AvgIpc) is 2.14. The summed E-state index contributed by atoms with van der Waals surface area (Å²) >= 11 is 0. The molecule has 0 aromatic heterocycles. The summed E-state index contributed by atoms with van der Waals surface area (Å²) in [5.41, 5.74) is 3.60. The monoisotopic (exact) mass is 232 g/mol. The van der Waals surface area contributed by atoms with Crippen molar-refractivity contribution < 1.29 is 0 Å². The second-order valence-corrected chi connectivity index (χ2v) is 7.67. The van der Waals surface area contributed by atoms with Crippen molar-refractivity contribution >= 4 is 0 Å². The quantitative estimate of drug-likeness (QED) is 0.615. The Labute approximate surface area is 107 Å². The first kappa shape index (κ1) is 14.3. The van der Waals surface area contributed by atoms with Crippen molar-refractivity contribution in [2.45, 2.75) is 66.2 Å². The maximum atomic E-state index is 2.36. The lowest BCUT2D eigenvalue weighted by atomic mass is 9.62. The van der Waals surface area contributed by atoms with Crippen molar-refractivity contribution in [3.63, 3.8) is 0 Å². The van der Waals surface area contributed by atoms with E-state index < -0.39 is 0 Å². The molecule has 0 aliphatic rings. The van der Waals surface area contributed by atoms with E-state index in [0.29, 0.717) is 0 Å². The standard InChI is InChI=1S/C17H28/c1-15(2,3)13-11-9-10-12-14(13)17(7,8)16(4,5)6/h9-12H,1-8H3. The molecule has 0 bridgehead atoms. The minimum Gasteiger partial charge on any atom is -0.0620 e. The van der Waals surface area contributed by atoms with Crippen molar-refractivity contribution in [2.75, 3.05) is 0 Å². The van der Waals surface area contributed by atoms with E-state index >= 15 is 0 Å². The Morgan fingerprint density at radius 3 is 1.41 bits per heavy atom. The number of rotatable bonds is 1. The lowest BCUT2D eigenvalue weighted by Gasteiger charge is -2.42. The van der Waals surface area contributed by atoms with Crippen LogP contribution in [0.2, 0.25) is 0 Å². The summed E-state index contributed by atoms with van der Waals surface area (Å²) in [6.45, 7) is 18.6. The highest BCUT2D eigenvalue weighted by Crippen LogP contribution is 2.44. The fourth-order valence-corrected chi connectivity index (χ4v) is 2.09. The van der Waals surface area contributed by atoms with E-state index in [2.05, 4.69) is 79.7 Å². The van der Waals surface area contributed by atoms with Crippen LogP contribution in [0.3, 0.4) is 0 Å². The van der Waals surface area contributed by atoms with E-state index in [-0.39, 0.29) is 16.2 Å². The van der Waals surface area contributed by atoms with Crippen LogP contribution < -0.4 is 0 Å². The topological polar surface area (TPSA) is 0 Å². The molecule has 0 heteroatoms. The molecule has 0 amide bonds. The van der Waals surface area contributed by atoms with Crippen molar-refractivity contribution in [2.24, 2.45) is 5.41 Å². The first-order valence-electron chi connectivity index (χ1n) is 6.58. The molecule has 96 valence electrons. The fraction of sp³-hybridized carbons (Fsp3) is 0.647. The third-order valence-corrected chi connectivity index (χ3v) is 4.28. The van der Waals surface area contributed by atoms with E-state index in [4.69, 9.17) is 0 Å². The molecule has 0 atom stereocenters. The van der Waals surface area contributed by atoms with Crippen molar-refractivity contribution in [1.82, 2.24) is 0 Å². The molecule has 17 heavy (non-hydrogen) atoms. The third kappa shape index (κ3) is 2.73. The Morgan fingerprint density at radius 1 is 0.647 bits per heavy atom. The zero-order valence-corrected chi connectivity index (χ0v) is 12.8. The zero-order valence-electron chi connectivity index (χ0n) is 12.8. The van der Waals surface area contributed by atoms with Gasteiger partial charge in [-0.15, -0.1) is 0 Å². The SMILES string of the molecule is CC(C)(C)c1ccccc1C(C)(C)C(C)(C)C. The van der Waals surface area contributed by atoms with Gasteiger partial charge in [-0.1, -0.05) is 79.7 Å². The molecule has 1 aromatic carbocycles. The largest absolute Gasteiger partial charge is 0.0620 e. The molecule has 0 spiro atoms. The van der Waals surface area contributed by atoms with Gasteiger partial charge in [0.15, 0.2) is 0 Å². The molecule has 0 aliphatic carbocycles. The minimum atomic E-state index is 0.177. The molecule has 0 unspecified atom stereocenters. The highest BCUT2D eigenvalue weighted by Gasteiger charge is 2.37. The molecule has 0 saturated carbocycles. The van der Waals surface area contributed by atoms with Gasteiger partial charge in [0, 0.05) is 0 Å². The van der Waals surface area contributed by atoms with Crippen molar-refractivity contribution in [3.05, 3.63) is 35.4 Å². The Balaban J connectivity index is 3.43. The van der Waals surface area contributed by atoms with Crippen LogP contribution in [0.25, 0.3) is 0 Å². The lowest BCUT2D eigenvalue weighted by molar-refractivity contribution is 0.222. The molecule has 0 aliphatic heterocycles. The van der Waals surface area contributed by atoms with Crippen molar-refractivity contribution in [1.29, 1.82) is 0 Å². The third-order valence-electron chi connectivity index (χ3n) is 4.28. The van der Waals surface area contributed by atoms with E-state index in [1.807, 2.05) is 0 Å². The van der Waals surface area contributed by atoms with Gasteiger partial charge < -0.3 is 0 Å². The molecule has 1 aromatic rings. The van der Waals surface area contributed by atoms with Crippen LogP contribution in [0.5, 0.6) is 0 Å². The number of benzene rings is 1. The normalized spacial score (nSPS) is 13.9. The summed E-state index contributed by atoms with van der Waals surface area (Å²) in [6, 6.07) is 8.90. The van der Waals surface area contributed by atoms with E-state index in [1.54, 1.807) is 0 Å². The van der Waals surface area contributed by atoms with Crippen LogP contribution >= 0.6 is 0 Å². The second kappa shape index (κ2) is 4.15. The summed E-state index contributed by atoms with van der Waals surface area (Å²) in [5, 5.41) is 0. The summed E-state index contributed by atoms with van der Waals surface area (Å²) in [7, 11) is 0. The number of hydrogen-bond acceptors (Lipinski definition) is 0. The molecule has 0 radical (unpaired) electrons. The van der Waals surface area contributed by atoms with E-state index in [0.717, 1.165) is 0 Å². The van der Waals surface area contributed by atoms with Gasteiger partial charge in [0.1, 0.15) is 0 Å². The predicted molar refractivity (Wildman–Crippen MR) is 77.6 cm³/mol. The molecule has 1 rings (SSSR count). The van der Waals surface area contributed by atoms with Crippen molar-refractivity contribution in [3.8, 4) is 0 Å². The van der Waals surface area contributed by atoms with E-state index in [1.165, 1.54) is 11.1 Å². The van der Waals surface area contributed by atoms with Gasteiger partial charge in [-0.25, -0.2) is 0 Å². The molecule has 0 N–H and O–H groups in total. The molecule has 0 heterocycles. The lowest BCUT2D eigenvalue weighted by Crippen LogP contribution is -2.36. The van der Waals surface area contributed by atoms with Gasteiger partial charge in [0.25, 0.3) is 0 Å². The van der Waals surface area contributed by atoms with Crippen LogP contribution in [-0.4, -0.2) is 0 Å². The molecule has 0 saturated heterocycles. The first-order valence-corrected chi connectivity index (χ1v) is 6.58. The fourth-order valence-electron chi connectivity index (χ4n) is 2.09. The Hall–Kier alpha value is -0.780. The van der Waals surface area contributed by atoms with Gasteiger partial charge >= 0.3 is 0 Å². The van der Waals surface area contributed by atoms with Gasteiger partial charge in [0.05, 0.1) is 0 Å². The summed E-state index contributed by atoms with van der Waals surface area (Å²) < 4.78 is 0. The minimum absolute atomic E-state index is 0.177. The summed E-state index contributed by atoms with van der Waals surface area (Å²) in [6.07, 6.45) is 0. The Morgan fingerprint density at radius 2 is 1.06 bits per heavy atom. The van der Waals surface area contributed by atoms with Crippen LogP contribution in [0, 0.1) is 5.41 Å². The Kier molecular flexibility index (Phi) is 3.49. The van der Waals surface area contributed by atoms with Gasteiger partial charge in [-0.2, -0.15) is 0 Å². The second-order valence-electron chi connectivity index (χ2n) is 7.67. The van der Waals surface area contributed by atoms with Crippen LogP contribution in [0.4, 0.5) is 0 Å². The van der Waals surface area contributed by atoms with Gasteiger partial charge in [0.2, 0.25) is 0 Å². The van der Waals surface area contributed by atoms with E-state index in [9.17, 15) is 0 Å². The average molecular weight is 232 g/mol. The summed E-state index contributed by atoms with van der Waals surface area (Å²) in [5.74, 6) is 0. The van der Waals surface area contributed by atoms with Crippen LogP contribution in [0.1, 0.15) is 66.5 Å². The maximum Gasteiger partial charge on any atom is -0.00521 e. The smallest absolute Gasteiger partial charge is 0.00521 e. The maximum absolute atomic E-state index is 2.36. The molecular weight excluding hydrogens is 204 g/mol. The number of hydrogen-bond donors (Lipinski definition) is 0. The van der Waals surface area contributed by atoms with Crippen LogP contribution in [0.15, 0.2) is 24.3 Å². The zero-order chi connectivity index (χ0) is 13.5. The molecule has 0 fully saturated rings. The molecular formula is C17H28.